The van der Waals surface area contributed by atoms with Crippen LogP contribution in [-0.2, 0) is 19.6 Å². The highest BCUT2D eigenvalue weighted by molar-refractivity contribution is 7.89. The topological polar surface area (TPSA) is 118 Å². The molecule has 31 heavy (non-hydrogen) atoms. The zero-order valence-electron chi connectivity index (χ0n) is 17.3. The van der Waals surface area contributed by atoms with Crippen molar-refractivity contribution in [2.24, 2.45) is 34.3 Å². The second-order valence-corrected chi connectivity index (χ2v) is 12.4. The van der Waals surface area contributed by atoms with E-state index in [1.807, 2.05) is 0 Å². The van der Waals surface area contributed by atoms with Gasteiger partial charge in [0.25, 0.3) is 0 Å². The number of rotatable bonds is 7. The molecule has 6 rings (SSSR count). The molecule has 7 nitrogen and oxygen atoms in total. The molecule has 5 saturated carbocycles. The van der Waals surface area contributed by atoms with E-state index >= 15 is 0 Å². The molecule has 2 unspecified atom stereocenters. The fraction of sp³-hybridized carbons (Fsp3) is 0.636. The van der Waals surface area contributed by atoms with Crippen LogP contribution < -0.4 is 15.8 Å². The van der Waals surface area contributed by atoms with Crippen molar-refractivity contribution in [1.82, 2.24) is 10.0 Å². The lowest BCUT2D eigenvalue weighted by atomic mass is 9.47. The lowest BCUT2D eigenvalue weighted by molar-refractivity contribution is -0.148. The Morgan fingerprint density at radius 2 is 1.81 bits per heavy atom. The second kappa shape index (κ2) is 7.18. The lowest BCUT2D eigenvalue weighted by Crippen LogP contribution is -2.62. The van der Waals surface area contributed by atoms with Gasteiger partial charge in [0.2, 0.25) is 21.8 Å². The molecule has 9 heteroatoms. The molecule has 0 spiro atoms. The van der Waals surface area contributed by atoms with Crippen LogP contribution in [0.3, 0.4) is 0 Å². The molecule has 5 fully saturated rings. The molecule has 0 heterocycles. The third-order valence-electron chi connectivity index (χ3n) is 8.14. The molecule has 0 aromatic heterocycles. The number of primary amides is 1. The predicted molar refractivity (Wildman–Crippen MR) is 115 cm³/mol. The molecule has 4 bridgehead atoms. The fourth-order valence-corrected chi connectivity index (χ4v) is 7.88. The van der Waals surface area contributed by atoms with Gasteiger partial charge in [-0.2, -0.15) is 0 Å². The number of carbonyl (C=O) groups is 2. The van der Waals surface area contributed by atoms with Crippen LogP contribution in [0.5, 0.6) is 0 Å². The first-order valence-corrected chi connectivity index (χ1v) is 12.8. The average molecular weight is 466 g/mol. The highest BCUT2D eigenvalue weighted by atomic mass is 35.5. The van der Waals surface area contributed by atoms with E-state index < -0.39 is 15.4 Å². The Bertz CT molecular complexity index is 1020. The molecule has 0 radical (unpaired) electrons. The Kier molecular flexibility index (Phi) is 4.92. The van der Waals surface area contributed by atoms with Crippen LogP contribution in [0.1, 0.15) is 44.9 Å². The van der Waals surface area contributed by atoms with Gasteiger partial charge in [-0.05, 0) is 80.9 Å². The SMILES string of the molecule is NC(=O)C12CC3CC(C1)C(NC(=O)C1(CNS(=O)(=O)c4cccc(Cl)c4)CC1)C(C3)C2. The minimum Gasteiger partial charge on any atom is -0.369 e. The predicted octanol–water partition coefficient (Wildman–Crippen LogP) is 2.19. The second-order valence-electron chi connectivity index (χ2n) is 10.2. The van der Waals surface area contributed by atoms with Crippen molar-refractivity contribution in [1.29, 1.82) is 0 Å². The van der Waals surface area contributed by atoms with E-state index in [0.29, 0.717) is 23.8 Å². The number of benzene rings is 1. The molecule has 5 aliphatic rings. The largest absolute Gasteiger partial charge is 0.369 e. The summed E-state index contributed by atoms with van der Waals surface area (Å²) in [7, 11) is -3.74. The maximum atomic E-state index is 13.2. The first kappa shape index (κ1) is 21.2. The summed E-state index contributed by atoms with van der Waals surface area (Å²) in [5, 5.41) is 3.60. The van der Waals surface area contributed by atoms with E-state index in [4.69, 9.17) is 17.3 Å². The molecule has 4 N–H and O–H groups in total. The number of carbonyl (C=O) groups excluding carboxylic acids is 2. The van der Waals surface area contributed by atoms with Crippen molar-refractivity contribution < 1.29 is 18.0 Å². The third-order valence-corrected chi connectivity index (χ3v) is 9.77. The summed E-state index contributed by atoms with van der Waals surface area (Å²) in [5.74, 6) is 0.818. The standard InChI is InChI=1S/C22H28ClN3O4S/c23-16-2-1-3-17(8-16)31(29,30)25-12-21(4-5-21)20(28)26-18-14-6-13-7-15(18)11-22(9-13,10-14)19(24)27/h1-3,8,13-15,18,25H,4-7,9-12H2,(H2,24,27)(H,26,28). The first-order chi connectivity index (χ1) is 14.6. The van der Waals surface area contributed by atoms with Crippen LogP contribution in [0.4, 0.5) is 0 Å². The molecule has 5 aliphatic carbocycles. The summed E-state index contributed by atoms with van der Waals surface area (Å²) in [4.78, 5) is 25.4. The maximum absolute atomic E-state index is 13.2. The highest BCUT2D eigenvalue weighted by Crippen LogP contribution is 2.60. The molecule has 2 amide bonds. The number of sulfonamides is 1. The Morgan fingerprint density at radius 3 is 2.39 bits per heavy atom. The number of hydrogen-bond acceptors (Lipinski definition) is 4. The smallest absolute Gasteiger partial charge is 0.240 e. The number of nitrogens with two attached hydrogens (primary N) is 1. The van der Waals surface area contributed by atoms with Crippen LogP contribution in [0.25, 0.3) is 0 Å². The summed E-state index contributed by atoms with van der Waals surface area (Å²) in [6.45, 7) is 0.0730. The molecule has 1 aromatic carbocycles. The van der Waals surface area contributed by atoms with E-state index in [1.54, 1.807) is 12.1 Å². The summed E-state index contributed by atoms with van der Waals surface area (Å²) in [6, 6.07) is 6.13. The molecule has 2 atom stereocenters. The normalized spacial score (nSPS) is 35.0. The van der Waals surface area contributed by atoms with Crippen molar-refractivity contribution in [3.63, 3.8) is 0 Å². The molecule has 0 aliphatic heterocycles. The molecular weight excluding hydrogens is 438 g/mol. The maximum Gasteiger partial charge on any atom is 0.240 e. The van der Waals surface area contributed by atoms with Gasteiger partial charge in [0.15, 0.2) is 0 Å². The van der Waals surface area contributed by atoms with Crippen LogP contribution in [-0.4, -0.2) is 32.8 Å². The molecule has 1 aromatic rings. The Balaban J connectivity index is 1.25. The molecular formula is C22H28ClN3O4S. The Morgan fingerprint density at radius 1 is 1.13 bits per heavy atom. The van der Waals surface area contributed by atoms with Gasteiger partial charge in [-0.3, -0.25) is 9.59 Å². The molecule has 0 saturated heterocycles. The van der Waals surface area contributed by atoms with Crippen LogP contribution in [0.2, 0.25) is 5.02 Å². The first-order valence-electron chi connectivity index (χ1n) is 11.0. The number of amides is 2. The van der Waals surface area contributed by atoms with E-state index in [1.165, 1.54) is 12.1 Å². The van der Waals surface area contributed by atoms with Gasteiger partial charge in [0, 0.05) is 23.0 Å². The van der Waals surface area contributed by atoms with Gasteiger partial charge in [0.1, 0.15) is 0 Å². The molecule has 168 valence electrons. The summed E-state index contributed by atoms with van der Waals surface area (Å²) >= 11 is 5.92. The lowest BCUT2D eigenvalue weighted by Gasteiger charge is -2.59. The Labute approximate surface area is 187 Å². The monoisotopic (exact) mass is 465 g/mol. The van der Waals surface area contributed by atoms with Gasteiger partial charge in [0.05, 0.1) is 10.3 Å². The van der Waals surface area contributed by atoms with Crippen molar-refractivity contribution in [2.75, 3.05) is 6.54 Å². The minimum absolute atomic E-state index is 0.0542. The summed E-state index contributed by atoms with van der Waals surface area (Å²) in [5.41, 5.74) is 4.68. The number of hydrogen-bond donors (Lipinski definition) is 3. The minimum atomic E-state index is -3.74. The zero-order chi connectivity index (χ0) is 22.0. The highest BCUT2D eigenvalue weighted by Gasteiger charge is 2.59. The van der Waals surface area contributed by atoms with E-state index in [9.17, 15) is 18.0 Å². The quantitative estimate of drug-likeness (QED) is 0.571. The van der Waals surface area contributed by atoms with Crippen molar-refractivity contribution in [3.05, 3.63) is 29.3 Å². The number of nitrogens with one attached hydrogen (secondary N) is 2. The van der Waals surface area contributed by atoms with Crippen LogP contribution in [0.15, 0.2) is 29.2 Å². The average Bonchev–Trinajstić information content (AvgIpc) is 3.50. The van der Waals surface area contributed by atoms with Crippen LogP contribution in [0, 0.1) is 28.6 Å². The third kappa shape index (κ3) is 3.66. The van der Waals surface area contributed by atoms with Gasteiger partial charge >= 0.3 is 0 Å². The van der Waals surface area contributed by atoms with Gasteiger partial charge in [-0.1, -0.05) is 17.7 Å². The van der Waals surface area contributed by atoms with E-state index in [0.717, 1.165) is 32.1 Å². The van der Waals surface area contributed by atoms with Gasteiger partial charge in [-0.15, -0.1) is 0 Å². The van der Waals surface area contributed by atoms with Crippen molar-refractivity contribution in [3.8, 4) is 0 Å². The van der Waals surface area contributed by atoms with Crippen molar-refractivity contribution >= 4 is 33.4 Å². The van der Waals surface area contributed by atoms with Gasteiger partial charge in [-0.25, -0.2) is 13.1 Å². The van der Waals surface area contributed by atoms with Crippen molar-refractivity contribution in [2.45, 2.75) is 55.9 Å². The Hall–Kier alpha value is -1.64. The fourth-order valence-electron chi connectivity index (χ4n) is 6.45. The van der Waals surface area contributed by atoms with E-state index in [2.05, 4.69) is 10.0 Å². The summed E-state index contributed by atoms with van der Waals surface area (Å²) < 4.78 is 27.9. The van der Waals surface area contributed by atoms with Crippen LogP contribution >= 0.6 is 11.6 Å². The van der Waals surface area contributed by atoms with E-state index in [-0.39, 0.29) is 46.5 Å². The van der Waals surface area contributed by atoms with Gasteiger partial charge < -0.3 is 11.1 Å². The summed E-state index contributed by atoms with van der Waals surface area (Å²) in [6.07, 6.45) is 5.80. The zero-order valence-corrected chi connectivity index (χ0v) is 18.8. The number of halogens is 1.